The van der Waals surface area contributed by atoms with E-state index in [0.717, 1.165) is 45.1 Å². The summed E-state index contributed by atoms with van der Waals surface area (Å²) in [5, 5.41) is 0. The molecule has 1 spiro atoms. The van der Waals surface area contributed by atoms with Crippen LogP contribution in [0.1, 0.15) is 11.1 Å². The molecule has 146 valence electrons. The molecule has 4 aromatic rings. The molecule has 31 heavy (non-hydrogen) atoms. The summed E-state index contributed by atoms with van der Waals surface area (Å²) in [5.74, 6) is 1.62. The monoisotopic (exact) mass is 402 g/mol. The lowest BCUT2D eigenvalue weighted by Crippen LogP contribution is -2.61. The molecule has 4 heteroatoms. The van der Waals surface area contributed by atoms with E-state index in [1.165, 1.54) is 0 Å². The SMILES string of the molecule is C1=[N+](c2ccccc2)[C@]23Oc4ccccc4C=[N+]2c2ccccc2-c2cccc1c2O3. The van der Waals surface area contributed by atoms with E-state index in [4.69, 9.17) is 9.47 Å². The zero-order chi connectivity index (χ0) is 20.4. The van der Waals surface area contributed by atoms with Gasteiger partial charge in [-0.25, -0.2) is 0 Å². The van der Waals surface area contributed by atoms with Crippen LogP contribution >= 0.6 is 0 Å². The van der Waals surface area contributed by atoms with Gasteiger partial charge in [-0.3, -0.25) is 0 Å². The van der Waals surface area contributed by atoms with Gasteiger partial charge in [0.1, 0.15) is 0 Å². The maximum Gasteiger partial charge on any atom is 0.714 e. The van der Waals surface area contributed by atoms with Crippen molar-refractivity contribution >= 4 is 23.8 Å². The van der Waals surface area contributed by atoms with Gasteiger partial charge in [-0.05, 0) is 24.3 Å². The number of ether oxygens (including phenoxy) is 2. The summed E-state index contributed by atoms with van der Waals surface area (Å²) < 4.78 is 17.8. The highest BCUT2D eigenvalue weighted by atomic mass is 16.7. The van der Waals surface area contributed by atoms with Gasteiger partial charge in [-0.2, -0.15) is 0 Å². The molecule has 3 aliphatic heterocycles. The number of para-hydroxylation sites is 4. The molecule has 0 amide bonds. The summed E-state index contributed by atoms with van der Waals surface area (Å²) in [6.07, 6.45) is 4.25. The fraction of sp³-hybridized carbons (Fsp3) is 0.0370. The predicted molar refractivity (Wildman–Crippen MR) is 119 cm³/mol. The number of rotatable bonds is 1. The third-order valence-electron chi connectivity index (χ3n) is 6.08. The number of benzene rings is 4. The first kappa shape index (κ1) is 16.6. The van der Waals surface area contributed by atoms with Gasteiger partial charge in [-0.1, -0.05) is 63.7 Å². The molecule has 4 nitrogen and oxygen atoms in total. The van der Waals surface area contributed by atoms with E-state index in [0.29, 0.717) is 0 Å². The van der Waals surface area contributed by atoms with E-state index in [9.17, 15) is 0 Å². The second-order valence-electron chi connectivity index (χ2n) is 7.87. The maximum atomic E-state index is 6.84. The van der Waals surface area contributed by atoms with Gasteiger partial charge in [0, 0.05) is 23.8 Å². The lowest BCUT2D eigenvalue weighted by molar-refractivity contribution is -0.854. The quantitative estimate of drug-likeness (QED) is 0.404. The topological polar surface area (TPSA) is 24.5 Å². The van der Waals surface area contributed by atoms with E-state index in [-0.39, 0.29) is 0 Å². The molecular weight excluding hydrogens is 384 g/mol. The molecule has 7 rings (SSSR count). The molecule has 0 saturated heterocycles. The second kappa shape index (κ2) is 5.92. The maximum absolute atomic E-state index is 6.84. The van der Waals surface area contributed by atoms with E-state index in [2.05, 4.69) is 82.2 Å². The Morgan fingerprint density at radius 1 is 0.548 bits per heavy atom. The van der Waals surface area contributed by atoms with Crippen LogP contribution in [-0.4, -0.2) is 27.6 Å². The summed E-state index contributed by atoms with van der Waals surface area (Å²) in [4.78, 5) is 0. The minimum atomic E-state index is -1.22. The van der Waals surface area contributed by atoms with Gasteiger partial charge < -0.3 is 9.47 Å². The standard InChI is InChI=1S/C27H18N2O2/c1-2-11-21(12-3-1)28-18-20-10-8-14-23-22-13-5-6-15-24(22)29-17-19-9-4-7-16-25(19)30-27(28,29)31-26(20)23/h1-18H/q+2/t27-/m1/s1. The smallest absolute Gasteiger partial charge is 0.340 e. The number of hydrogen-bond acceptors (Lipinski definition) is 2. The lowest BCUT2D eigenvalue weighted by atomic mass is 10.00. The van der Waals surface area contributed by atoms with E-state index >= 15 is 0 Å². The van der Waals surface area contributed by atoms with Crippen molar-refractivity contribution in [2.45, 2.75) is 6.03 Å². The molecule has 1 atom stereocenters. The van der Waals surface area contributed by atoms with Gasteiger partial charge in [0.2, 0.25) is 11.4 Å². The summed E-state index contributed by atoms with van der Waals surface area (Å²) in [6, 6.07) is 31.7. The second-order valence-corrected chi connectivity index (χ2v) is 7.87. The number of nitrogens with zero attached hydrogens (tertiary/aromatic N) is 2. The van der Waals surface area contributed by atoms with Gasteiger partial charge >= 0.3 is 6.03 Å². The minimum Gasteiger partial charge on any atom is -0.340 e. The first-order valence-electron chi connectivity index (χ1n) is 10.4. The molecule has 0 N–H and O–H groups in total. The Kier molecular flexibility index (Phi) is 3.17. The highest BCUT2D eigenvalue weighted by molar-refractivity contribution is 5.91. The van der Waals surface area contributed by atoms with Crippen molar-refractivity contribution in [1.29, 1.82) is 0 Å². The third kappa shape index (κ3) is 2.19. The van der Waals surface area contributed by atoms with Crippen LogP contribution in [0.4, 0.5) is 11.4 Å². The Morgan fingerprint density at radius 2 is 1.26 bits per heavy atom. The Bertz CT molecular complexity index is 1440. The van der Waals surface area contributed by atoms with Crippen LogP contribution in [0, 0.1) is 0 Å². The van der Waals surface area contributed by atoms with Gasteiger partial charge in [-0.15, -0.1) is 0 Å². The summed E-state index contributed by atoms with van der Waals surface area (Å²) in [5.41, 5.74) is 6.22. The van der Waals surface area contributed by atoms with Crippen molar-refractivity contribution in [3.05, 3.63) is 108 Å². The van der Waals surface area contributed by atoms with Crippen LogP contribution in [0.2, 0.25) is 0 Å². The molecule has 0 aromatic heterocycles. The summed E-state index contributed by atoms with van der Waals surface area (Å²) in [6.45, 7) is 0. The van der Waals surface area contributed by atoms with Crippen LogP contribution in [0.15, 0.2) is 97.1 Å². The lowest BCUT2D eigenvalue weighted by Gasteiger charge is -2.29. The molecule has 0 unspecified atom stereocenters. The minimum absolute atomic E-state index is 0.786. The van der Waals surface area contributed by atoms with Crippen LogP contribution < -0.4 is 9.47 Å². The van der Waals surface area contributed by atoms with Gasteiger partial charge in [0.15, 0.2) is 23.9 Å². The average molecular weight is 402 g/mol. The molecular formula is C27H18N2O2+2. The fourth-order valence-electron chi connectivity index (χ4n) is 4.67. The van der Waals surface area contributed by atoms with Gasteiger partial charge in [0.05, 0.1) is 16.7 Å². The molecule has 0 aliphatic carbocycles. The highest BCUT2D eigenvalue weighted by Gasteiger charge is 2.67. The normalized spacial score (nSPS) is 19.4. The first-order valence-corrected chi connectivity index (χ1v) is 10.4. The van der Waals surface area contributed by atoms with E-state index < -0.39 is 6.03 Å². The molecule has 2 bridgehead atoms. The molecule has 4 aromatic carbocycles. The Labute approximate surface area is 179 Å². The third-order valence-corrected chi connectivity index (χ3v) is 6.08. The molecule has 0 radical (unpaired) electrons. The van der Waals surface area contributed by atoms with Crippen molar-refractivity contribution in [2.75, 3.05) is 0 Å². The number of fused-ring (bicyclic) bond motifs is 4. The highest BCUT2D eigenvalue weighted by Crippen LogP contribution is 2.49. The van der Waals surface area contributed by atoms with E-state index in [1.807, 2.05) is 36.4 Å². The molecule has 3 aliphatic rings. The fourth-order valence-corrected chi connectivity index (χ4v) is 4.67. The van der Waals surface area contributed by atoms with Crippen LogP contribution in [0.3, 0.4) is 0 Å². The van der Waals surface area contributed by atoms with Crippen LogP contribution in [-0.2, 0) is 0 Å². The Hall–Kier alpha value is -4.18. The molecule has 0 saturated carbocycles. The van der Waals surface area contributed by atoms with Crippen molar-refractivity contribution < 1.29 is 18.6 Å². The van der Waals surface area contributed by atoms with Crippen molar-refractivity contribution in [1.82, 2.24) is 0 Å². The van der Waals surface area contributed by atoms with Crippen LogP contribution in [0.5, 0.6) is 11.5 Å². The van der Waals surface area contributed by atoms with E-state index in [1.54, 1.807) is 0 Å². The summed E-state index contributed by atoms with van der Waals surface area (Å²) in [7, 11) is 0. The first-order chi connectivity index (χ1) is 15.3. The van der Waals surface area contributed by atoms with Crippen molar-refractivity contribution in [3.63, 3.8) is 0 Å². The van der Waals surface area contributed by atoms with Crippen molar-refractivity contribution in [2.24, 2.45) is 0 Å². The predicted octanol–water partition coefficient (Wildman–Crippen LogP) is 5.29. The zero-order valence-corrected chi connectivity index (χ0v) is 16.6. The molecule has 0 fully saturated rings. The number of hydrogen-bond donors (Lipinski definition) is 0. The average Bonchev–Trinajstić information content (AvgIpc) is 2.94. The Balaban J connectivity index is 1.64. The van der Waals surface area contributed by atoms with Crippen LogP contribution in [0.25, 0.3) is 11.1 Å². The summed E-state index contributed by atoms with van der Waals surface area (Å²) >= 11 is 0. The van der Waals surface area contributed by atoms with Crippen molar-refractivity contribution in [3.8, 4) is 22.6 Å². The van der Waals surface area contributed by atoms with Gasteiger partial charge in [0.25, 0.3) is 0 Å². The molecule has 3 heterocycles. The Morgan fingerprint density at radius 3 is 2.19 bits per heavy atom. The largest absolute Gasteiger partial charge is 0.714 e. The zero-order valence-electron chi connectivity index (χ0n) is 16.6.